The van der Waals surface area contributed by atoms with Crippen molar-refractivity contribution in [2.75, 3.05) is 0 Å². The predicted molar refractivity (Wildman–Crippen MR) is 38.2 cm³/mol. The van der Waals surface area contributed by atoms with E-state index in [9.17, 15) is 13.2 Å². The molecule has 1 aromatic rings. The van der Waals surface area contributed by atoms with Crippen LogP contribution in [0, 0.1) is 18.4 Å². The molecule has 0 amide bonds. The maximum Gasteiger partial charge on any atom is 0.417 e. The van der Waals surface area contributed by atoms with E-state index in [0.29, 0.717) is 0 Å². The molecule has 3 heteroatoms. The van der Waals surface area contributed by atoms with Gasteiger partial charge < -0.3 is 0 Å². The molecule has 0 nitrogen and oxygen atoms in total. The highest BCUT2D eigenvalue weighted by molar-refractivity contribution is 5.40. The smallest absolute Gasteiger partial charge is 0.166 e. The van der Waals surface area contributed by atoms with Crippen molar-refractivity contribution >= 4 is 0 Å². The molecule has 61 valence electrons. The standard InChI is InChI=1S/C9H4F3/c1-2-7-5-3-4-6-8(7)9(10,11)12/h1,3-4,6H. The minimum atomic E-state index is -4.39. The zero-order chi connectivity index (χ0) is 9.19. The molecule has 0 N–H and O–H groups in total. The number of rotatable bonds is 0. The highest BCUT2D eigenvalue weighted by Gasteiger charge is 2.32. The maximum absolute atomic E-state index is 12.1. The van der Waals surface area contributed by atoms with Crippen LogP contribution in [0.3, 0.4) is 0 Å². The van der Waals surface area contributed by atoms with Crippen molar-refractivity contribution in [1.29, 1.82) is 0 Å². The topological polar surface area (TPSA) is 0 Å². The molecular formula is C9H4F3. The van der Waals surface area contributed by atoms with E-state index >= 15 is 0 Å². The van der Waals surface area contributed by atoms with Gasteiger partial charge in [0.1, 0.15) is 0 Å². The molecule has 1 rings (SSSR count). The largest absolute Gasteiger partial charge is 0.417 e. The normalized spacial score (nSPS) is 10.8. The lowest BCUT2D eigenvalue weighted by atomic mass is 10.1. The van der Waals surface area contributed by atoms with E-state index in [0.717, 1.165) is 6.07 Å². The molecule has 0 fully saturated rings. The van der Waals surface area contributed by atoms with Crippen molar-refractivity contribution in [2.24, 2.45) is 0 Å². The van der Waals surface area contributed by atoms with Gasteiger partial charge in [-0.25, -0.2) is 0 Å². The molecule has 0 bridgehead atoms. The van der Waals surface area contributed by atoms with Gasteiger partial charge in [0.25, 0.3) is 0 Å². The summed E-state index contributed by atoms with van der Waals surface area (Å²) in [6, 6.07) is 5.88. The molecule has 0 spiro atoms. The second-order valence-corrected chi connectivity index (χ2v) is 2.10. The summed E-state index contributed by atoms with van der Waals surface area (Å²) in [4.78, 5) is 0. The summed E-state index contributed by atoms with van der Waals surface area (Å²) in [6.45, 7) is 0. The molecule has 0 aromatic heterocycles. The third-order valence-corrected chi connectivity index (χ3v) is 1.31. The van der Waals surface area contributed by atoms with Crippen LogP contribution in [-0.4, -0.2) is 0 Å². The molecule has 1 radical (unpaired) electrons. The Morgan fingerprint density at radius 1 is 1.42 bits per heavy atom. The van der Waals surface area contributed by atoms with Gasteiger partial charge in [-0.05, 0) is 12.1 Å². The van der Waals surface area contributed by atoms with E-state index in [1.807, 2.05) is 5.92 Å². The minimum absolute atomic E-state index is 0.245. The van der Waals surface area contributed by atoms with Crippen molar-refractivity contribution in [1.82, 2.24) is 0 Å². The Kier molecular flexibility index (Phi) is 2.09. The fourth-order valence-corrected chi connectivity index (χ4v) is 0.793. The quantitative estimate of drug-likeness (QED) is 0.523. The van der Waals surface area contributed by atoms with Crippen LogP contribution in [0.4, 0.5) is 13.2 Å². The summed E-state index contributed by atoms with van der Waals surface area (Å²) < 4.78 is 36.4. The fourth-order valence-electron chi connectivity index (χ4n) is 0.793. The van der Waals surface area contributed by atoms with Gasteiger partial charge >= 0.3 is 6.18 Å². The van der Waals surface area contributed by atoms with E-state index in [4.69, 9.17) is 6.42 Å². The molecular weight excluding hydrogens is 165 g/mol. The van der Waals surface area contributed by atoms with Crippen LogP contribution >= 0.6 is 0 Å². The zero-order valence-corrected chi connectivity index (χ0v) is 5.94. The molecule has 0 aliphatic heterocycles. The van der Waals surface area contributed by atoms with Gasteiger partial charge in [0.2, 0.25) is 0 Å². The number of alkyl halides is 3. The van der Waals surface area contributed by atoms with E-state index in [1.165, 1.54) is 12.1 Å². The number of hydrogen-bond donors (Lipinski definition) is 0. The van der Waals surface area contributed by atoms with Crippen LogP contribution in [0.5, 0.6) is 0 Å². The van der Waals surface area contributed by atoms with Crippen LogP contribution in [0.1, 0.15) is 11.1 Å². The van der Waals surface area contributed by atoms with Gasteiger partial charge in [0, 0.05) is 5.56 Å². The first-order valence-corrected chi connectivity index (χ1v) is 3.10. The Hall–Kier alpha value is -1.43. The molecule has 0 heterocycles. The number of benzene rings is 1. The van der Waals surface area contributed by atoms with Gasteiger partial charge in [-0.2, -0.15) is 13.2 Å². The highest BCUT2D eigenvalue weighted by Crippen LogP contribution is 2.30. The average Bonchev–Trinajstić information content (AvgIpc) is 2.03. The molecule has 12 heavy (non-hydrogen) atoms. The predicted octanol–water partition coefficient (Wildman–Crippen LogP) is 2.49. The Bertz CT molecular complexity index is 317. The van der Waals surface area contributed by atoms with E-state index in [-0.39, 0.29) is 5.56 Å². The second-order valence-electron chi connectivity index (χ2n) is 2.10. The fraction of sp³-hybridized carbons (Fsp3) is 0.111. The maximum atomic E-state index is 12.1. The Morgan fingerprint density at radius 2 is 2.08 bits per heavy atom. The first-order valence-electron chi connectivity index (χ1n) is 3.10. The number of hydrogen-bond acceptors (Lipinski definition) is 0. The molecule has 0 saturated heterocycles. The van der Waals surface area contributed by atoms with E-state index in [1.54, 1.807) is 0 Å². The summed E-state index contributed by atoms with van der Waals surface area (Å²) in [5, 5.41) is 0. The van der Waals surface area contributed by atoms with Crippen molar-refractivity contribution < 1.29 is 13.2 Å². The molecule has 1 aromatic carbocycles. The summed E-state index contributed by atoms with van der Waals surface area (Å²) in [5.41, 5.74) is -1.06. The van der Waals surface area contributed by atoms with Gasteiger partial charge in [-0.3, -0.25) is 0 Å². The highest BCUT2D eigenvalue weighted by atomic mass is 19.4. The first-order chi connectivity index (χ1) is 5.55. The molecule has 0 atom stereocenters. The van der Waals surface area contributed by atoms with E-state index < -0.39 is 11.7 Å². The third-order valence-electron chi connectivity index (χ3n) is 1.31. The average molecular weight is 169 g/mol. The molecule has 0 unspecified atom stereocenters. The number of terminal acetylenes is 1. The van der Waals surface area contributed by atoms with Gasteiger partial charge in [-0.1, -0.05) is 18.1 Å². The Labute approximate surface area is 68.0 Å². The molecule has 0 aliphatic rings. The van der Waals surface area contributed by atoms with Crippen molar-refractivity contribution in [3.63, 3.8) is 0 Å². The SMILES string of the molecule is C#Cc1[c]cccc1C(F)(F)F. The third kappa shape index (κ3) is 1.59. The van der Waals surface area contributed by atoms with Crippen LogP contribution in [-0.2, 0) is 6.18 Å². The zero-order valence-electron chi connectivity index (χ0n) is 5.94. The van der Waals surface area contributed by atoms with Crippen LogP contribution in [0.15, 0.2) is 18.2 Å². The van der Waals surface area contributed by atoms with Gasteiger partial charge in [-0.15, -0.1) is 6.42 Å². The summed E-state index contributed by atoms with van der Waals surface area (Å²) in [5.74, 6) is 1.93. The first kappa shape index (κ1) is 8.66. The summed E-state index contributed by atoms with van der Waals surface area (Å²) >= 11 is 0. The van der Waals surface area contributed by atoms with Crippen LogP contribution < -0.4 is 0 Å². The lowest BCUT2D eigenvalue weighted by molar-refractivity contribution is -0.137. The van der Waals surface area contributed by atoms with Crippen molar-refractivity contribution in [3.8, 4) is 12.3 Å². The second kappa shape index (κ2) is 2.90. The van der Waals surface area contributed by atoms with Gasteiger partial charge in [0.15, 0.2) is 0 Å². The minimum Gasteiger partial charge on any atom is -0.166 e. The van der Waals surface area contributed by atoms with Gasteiger partial charge in [0.05, 0.1) is 5.56 Å². The number of halogens is 3. The Balaban J connectivity index is 3.26. The summed E-state index contributed by atoms with van der Waals surface area (Å²) in [6.07, 6.45) is 0.477. The van der Waals surface area contributed by atoms with Crippen molar-refractivity contribution in [2.45, 2.75) is 6.18 Å². The Morgan fingerprint density at radius 3 is 2.50 bits per heavy atom. The van der Waals surface area contributed by atoms with Crippen molar-refractivity contribution in [3.05, 3.63) is 35.4 Å². The monoisotopic (exact) mass is 169 g/mol. The molecule has 0 saturated carbocycles. The summed E-state index contributed by atoms with van der Waals surface area (Å²) in [7, 11) is 0. The molecule has 0 aliphatic carbocycles. The van der Waals surface area contributed by atoms with E-state index in [2.05, 4.69) is 6.07 Å². The van der Waals surface area contributed by atoms with Crippen LogP contribution in [0.25, 0.3) is 0 Å². The van der Waals surface area contributed by atoms with Crippen LogP contribution in [0.2, 0.25) is 0 Å². The lowest BCUT2D eigenvalue weighted by Crippen LogP contribution is -2.07. The lowest BCUT2D eigenvalue weighted by Gasteiger charge is -2.07.